The minimum Gasteiger partial charge on any atom is -0.321 e. The molecule has 150 valence electrons. The van der Waals surface area contributed by atoms with Gasteiger partial charge < -0.3 is 5.32 Å². The van der Waals surface area contributed by atoms with Gasteiger partial charge in [0.05, 0.1) is 16.1 Å². The zero-order chi connectivity index (χ0) is 20.3. The average Bonchev–Trinajstić information content (AvgIpc) is 2.65. The van der Waals surface area contributed by atoms with E-state index in [1.54, 1.807) is 24.3 Å². The maximum atomic E-state index is 14.2. The monoisotopic (exact) mass is 468 g/mol. The molecule has 8 heteroatoms. The quantitative estimate of drug-likeness (QED) is 0.667. The lowest BCUT2D eigenvalue weighted by molar-refractivity contribution is 0.102. The molecule has 5 nitrogen and oxygen atoms in total. The van der Waals surface area contributed by atoms with Crippen LogP contribution in [0.15, 0.2) is 51.8 Å². The number of carbonyl (C=O) groups excluding carboxylic acids is 1. The predicted molar refractivity (Wildman–Crippen MR) is 110 cm³/mol. The molecular formula is C20H22BrFN2O3S. The molecule has 0 spiro atoms. The molecule has 0 aliphatic heterocycles. The van der Waals surface area contributed by atoms with Crippen molar-refractivity contribution in [1.29, 1.82) is 0 Å². The Hall–Kier alpha value is -1.77. The van der Waals surface area contributed by atoms with Crippen molar-refractivity contribution in [3.8, 4) is 0 Å². The van der Waals surface area contributed by atoms with Crippen molar-refractivity contribution in [3.63, 3.8) is 0 Å². The number of para-hydroxylation sites is 1. The summed E-state index contributed by atoms with van der Waals surface area (Å²) in [5.74, 6) is -1.26. The molecule has 1 fully saturated rings. The molecule has 1 aliphatic carbocycles. The number of anilines is 1. The lowest BCUT2D eigenvalue weighted by atomic mass is 9.87. The highest BCUT2D eigenvalue weighted by Gasteiger charge is 2.27. The van der Waals surface area contributed by atoms with Crippen LogP contribution < -0.4 is 10.0 Å². The van der Waals surface area contributed by atoms with Gasteiger partial charge in [0.1, 0.15) is 5.82 Å². The Kier molecular flexibility index (Phi) is 6.52. The Bertz CT molecular complexity index is 981. The summed E-state index contributed by atoms with van der Waals surface area (Å²) in [5, 5.41) is 2.59. The molecule has 3 rings (SSSR count). The molecule has 0 radical (unpaired) electrons. The zero-order valence-electron chi connectivity index (χ0n) is 15.4. The zero-order valence-corrected chi connectivity index (χ0v) is 17.8. The SMILES string of the molecule is C[C@H]1CCCC[C@H]1NS(=O)(=O)c1ccc(F)c(C(=O)Nc2ccccc2Br)c1. The highest BCUT2D eigenvalue weighted by molar-refractivity contribution is 9.10. The molecule has 1 amide bonds. The van der Waals surface area contributed by atoms with Gasteiger partial charge in [0.2, 0.25) is 10.0 Å². The van der Waals surface area contributed by atoms with Crippen LogP contribution in [0.25, 0.3) is 0 Å². The third kappa shape index (κ3) is 4.79. The van der Waals surface area contributed by atoms with E-state index in [1.165, 1.54) is 6.07 Å². The van der Waals surface area contributed by atoms with Crippen LogP contribution >= 0.6 is 15.9 Å². The molecule has 2 aromatic carbocycles. The summed E-state index contributed by atoms with van der Waals surface area (Å²) in [6.07, 6.45) is 3.81. The van der Waals surface area contributed by atoms with Crippen LogP contribution in [-0.2, 0) is 10.0 Å². The van der Waals surface area contributed by atoms with Gasteiger partial charge in [-0.3, -0.25) is 4.79 Å². The van der Waals surface area contributed by atoms with Crippen LogP contribution in [0.2, 0.25) is 0 Å². The van der Waals surface area contributed by atoms with Gasteiger partial charge in [-0.2, -0.15) is 0 Å². The standard InChI is InChI=1S/C20H22BrFN2O3S/c1-13-6-2-4-8-18(13)24-28(26,27)14-10-11-17(22)15(12-14)20(25)23-19-9-5-3-7-16(19)21/h3,5,7,9-13,18,24H,2,4,6,8H2,1H3,(H,23,25)/t13-,18+/m0/s1. The lowest BCUT2D eigenvalue weighted by Gasteiger charge is -2.29. The third-order valence-corrected chi connectivity index (χ3v) is 7.21. The normalized spacial score (nSPS) is 20.0. The molecule has 0 saturated heterocycles. The summed E-state index contributed by atoms with van der Waals surface area (Å²) in [6.45, 7) is 2.02. The number of sulfonamides is 1. The van der Waals surface area contributed by atoms with E-state index in [-0.39, 0.29) is 22.4 Å². The van der Waals surface area contributed by atoms with Gasteiger partial charge in [-0.15, -0.1) is 0 Å². The maximum Gasteiger partial charge on any atom is 0.258 e. The minimum absolute atomic E-state index is 0.121. The number of hydrogen-bond acceptors (Lipinski definition) is 3. The summed E-state index contributed by atoms with van der Waals surface area (Å²) in [4.78, 5) is 12.4. The molecule has 0 heterocycles. The highest BCUT2D eigenvalue weighted by Crippen LogP contribution is 2.26. The first-order chi connectivity index (χ1) is 13.3. The number of rotatable bonds is 5. The number of hydrogen-bond donors (Lipinski definition) is 2. The van der Waals surface area contributed by atoms with Crippen molar-refractivity contribution in [2.75, 3.05) is 5.32 Å². The topological polar surface area (TPSA) is 75.3 Å². The molecule has 2 N–H and O–H groups in total. The Balaban J connectivity index is 1.84. The summed E-state index contributed by atoms with van der Waals surface area (Å²) < 4.78 is 43.1. The average molecular weight is 469 g/mol. The molecule has 0 bridgehead atoms. The summed E-state index contributed by atoms with van der Waals surface area (Å²) in [6, 6.07) is 10.0. The summed E-state index contributed by atoms with van der Waals surface area (Å²) in [5.41, 5.74) is 0.143. The summed E-state index contributed by atoms with van der Waals surface area (Å²) >= 11 is 3.31. The van der Waals surface area contributed by atoms with E-state index in [2.05, 4.69) is 26.0 Å². The number of nitrogens with one attached hydrogen (secondary N) is 2. The van der Waals surface area contributed by atoms with E-state index >= 15 is 0 Å². The Morgan fingerprint density at radius 3 is 2.57 bits per heavy atom. The lowest BCUT2D eigenvalue weighted by Crippen LogP contribution is -2.41. The van der Waals surface area contributed by atoms with Gasteiger partial charge in [0, 0.05) is 10.5 Å². The second-order valence-corrected chi connectivity index (χ2v) is 9.63. The number of benzene rings is 2. The first-order valence-corrected chi connectivity index (χ1v) is 11.4. The molecular weight excluding hydrogens is 447 g/mol. The highest BCUT2D eigenvalue weighted by atomic mass is 79.9. The van der Waals surface area contributed by atoms with Crippen molar-refractivity contribution in [2.24, 2.45) is 5.92 Å². The minimum atomic E-state index is -3.85. The van der Waals surface area contributed by atoms with Crippen molar-refractivity contribution in [2.45, 2.75) is 43.5 Å². The number of carbonyl (C=O) groups is 1. The molecule has 0 unspecified atom stereocenters. The van der Waals surface area contributed by atoms with Gasteiger partial charge in [-0.05, 0) is 65.0 Å². The van der Waals surface area contributed by atoms with Crippen LogP contribution in [0.4, 0.5) is 10.1 Å². The van der Waals surface area contributed by atoms with E-state index < -0.39 is 21.7 Å². The predicted octanol–water partition coefficient (Wildman–Crippen LogP) is 4.70. The van der Waals surface area contributed by atoms with Crippen LogP contribution in [-0.4, -0.2) is 20.4 Å². The van der Waals surface area contributed by atoms with Crippen LogP contribution in [0.5, 0.6) is 0 Å². The van der Waals surface area contributed by atoms with Crippen molar-refractivity contribution >= 4 is 37.5 Å². The smallest absolute Gasteiger partial charge is 0.258 e. The van der Waals surface area contributed by atoms with Crippen molar-refractivity contribution in [3.05, 3.63) is 58.3 Å². The Morgan fingerprint density at radius 2 is 1.86 bits per heavy atom. The van der Waals surface area contributed by atoms with Gasteiger partial charge in [-0.1, -0.05) is 31.9 Å². The second-order valence-electron chi connectivity index (χ2n) is 7.07. The fourth-order valence-electron chi connectivity index (χ4n) is 3.36. The molecule has 1 aliphatic rings. The van der Waals surface area contributed by atoms with E-state index in [1.807, 2.05) is 6.92 Å². The molecule has 2 atom stereocenters. The van der Waals surface area contributed by atoms with E-state index in [0.29, 0.717) is 10.2 Å². The molecule has 28 heavy (non-hydrogen) atoms. The van der Waals surface area contributed by atoms with Crippen LogP contribution in [0, 0.1) is 11.7 Å². The van der Waals surface area contributed by atoms with E-state index in [0.717, 1.165) is 37.8 Å². The molecule has 2 aromatic rings. The van der Waals surface area contributed by atoms with Crippen molar-refractivity contribution in [1.82, 2.24) is 4.72 Å². The number of halogens is 2. The fourth-order valence-corrected chi connectivity index (χ4v) is 5.15. The fraction of sp³-hybridized carbons (Fsp3) is 0.350. The largest absolute Gasteiger partial charge is 0.321 e. The van der Waals surface area contributed by atoms with E-state index in [4.69, 9.17) is 0 Å². The molecule has 0 aromatic heterocycles. The summed E-state index contributed by atoms with van der Waals surface area (Å²) in [7, 11) is -3.85. The van der Waals surface area contributed by atoms with Gasteiger partial charge in [0.15, 0.2) is 0 Å². The first kappa shape index (κ1) is 21.0. The number of amides is 1. The van der Waals surface area contributed by atoms with Crippen LogP contribution in [0.3, 0.4) is 0 Å². The van der Waals surface area contributed by atoms with Gasteiger partial charge in [0.25, 0.3) is 5.91 Å². The van der Waals surface area contributed by atoms with E-state index in [9.17, 15) is 17.6 Å². The van der Waals surface area contributed by atoms with Gasteiger partial charge in [-0.25, -0.2) is 17.5 Å². The van der Waals surface area contributed by atoms with Crippen LogP contribution in [0.1, 0.15) is 43.0 Å². The maximum absolute atomic E-state index is 14.2. The first-order valence-electron chi connectivity index (χ1n) is 9.15. The van der Waals surface area contributed by atoms with Gasteiger partial charge >= 0.3 is 0 Å². The van der Waals surface area contributed by atoms with Crippen molar-refractivity contribution < 1.29 is 17.6 Å². The molecule has 1 saturated carbocycles. The Morgan fingerprint density at radius 1 is 1.14 bits per heavy atom. The second kappa shape index (κ2) is 8.71. The third-order valence-electron chi connectivity index (χ3n) is 5.03. The Labute approximate surface area is 172 Å².